The molecule has 2 atom stereocenters. The van der Waals surface area contributed by atoms with Gasteiger partial charge in [0.05, 0.1) is 16.5 Å². The second-order valence-electron chi connectivity index (χ2n) is 4.03. The van der Waals surface area contributed by atoms with Crippen molar-refractivity contribution in [2.24, 2.45) is 11.8 Å². The Bertz CT molecular complexity index is 504. The number of aliphatic carboxylic acids is 1. The van der Waals surface area contributed by atoms with Crippen LogP contribution in [-0.2, 0) is 4.79 Å². The highest BCUT2D eigenvalue weighted by Crippen LogP contribution is 2.28. The topological polar surface area (TPSA) is 54.4 Å². The Morgan fingerprint density at radius 3 is 2.39 bits per heavy atom. The van der Waals surface area contributed by atoms with Gasteiger partial charge in [0, 0.05) is 10.4 Å². The van der Waals surface area contributed by atoms with Crippen LogP contribution < -0.4 is 0 Å². The third-order valence-electron chi connectivity index (χ3n) is 2.83. The van der Waals surface area contributed by atoms with E-state index in [9.17, 15) is 14.0 Å². The van der Waals surface area contributed by atoms with Crippen LogP contribution in [0.25, 0.3) is 0 Å². The van der Waals surface area contributed by atoms with Gasteiger partial charge in [0.2, 0.25) is 0 Å². The van der Waals surface area contributed by atoms with E-state index in [-0.39, 0.29) is 10.6 Å². The van der Waals surface area contributed by atoms with Gasteiger partial charge in [0.25, 0.3) is 0 Å². The average molecular weight is 338 g/mol. The minimum atomic E-state index is -1.10. The molecule has 0 saturated carbocycles. The molecule has 0 bridgehead atoms. The van der Waals surface area contributed by atoms with Crippen LogP contribution in [0.15, 0.2) is 16.6 Å². The van der Waals surface area contributed by atoms with Crippen molar-refractivity contribution in [3.63, 3.8) is 0 Å². The fourth-order valence-electron chi connectivity index (χ4n) is 1.40. The van der Waals surface area contributed by atoms with Gasteiger partial charge in [-0.25, -0.2) is 4.39 Å². The molecule has 1 N–H and O–H groups in total. The molecule has 0 aliphatic heterocycles. The number of carboxylic acid groups (broad SMARTS) is 1. The summed E-state index contributed by atoms with van der Waals surface area (Å²) in [5, 5.41) is 9.04. The second-order valence-corrected chi connectivity index (χ2v) is 5.29. The van der Waals surface area contributed by atoms with Crippen LogP contribution in [0.3, 0.4) is 0 Å². The predicted molar refractivity (Wildman–Crippen MR) is 69.4 cm³/mol. The standard InChI is InChI=1S/C12H11BrClFO3/c1-5(6(2)12(17)18)11(16)7-3-9(14)8(13)4-10(7)15/h3-6H,1-2H3,(H,17,18). The highest BCUT2D eigenvalue weighted by Gasteiger charge is 2.28. The molecule has 0 aliphatic carbocycles. The first-order valence-corrected chi connectivity index (χ1v) is 6.34. The van der Waals surface area contributed by atoms with Crippen molar-refractivity contribution < 1.29 is 19.1 Å². The van der Waals surface area contributed by atoms with Gasteiger partial charge in [0.1, 0.15) is 5.82 Å². The van der Waals surface area contributed by atoms with Gasteiger partial charge in [-0.2, -0.15) is 0 Å². The Hall–Kier alpha value is -0.940. The van der Waals surface area contributed by atoms with Crippen LogP contribution in [-0.4, -0.2) is 16.9 Å². The zero-order chi connectivity index (χ0) is 14.0. The van der Waals surface area contributed by atoms with E-state index >= 15 is 0 Å². The van der Waals surface area contributed by atoms with Crippen LogP contribution in [0.2, 0.25) is 5.02 Å². The lowest BCUT2D eigenvalue weighted by Crippen LogP contribution is -2.26. The molecule has 18 heavy (non-hydrogen) atoms. The third kappa shape index (κ3) is 3.09. The highest BCUT2D eigenvalue weighted by molar-refractivity contribution is 9.10. The first-order chi connectivity index (χ1) is 8.25. The van der Waals surface area contributed by atoms with E-state index in [0.29, 0.717) is 4.47 Å². The van der Waals surface area contributed by atoms with Crippen molar-refractivity contribution in [3.8, 4) is 0 Å². The van der Waals surface area contributed by atoms with E-state index < -0.39 is 29.4 Å². The summed E-state index contributed by atoms with van der Waals surface area (Å²) in [5.74, 6) is -4.11. The highest BCUT2D eigenvalue weighted by atomic mass is 79.9. The average Bonchev–Trinajstić information content (AvgIpc) is 2.30. The van der Waals surface area contributed by atoms with Gasteiger partial charge in [-0.3, -0.25) is 9.59 Å². The molecule has 6 heteroatoms. The van der Waals surface area contributed by atoms with Crippen molar-refractivity contribution in [1.29, 1.82) is 0 Å². The smallest absolute Gasteiger partial charge is 0.306 e. The van der Waals surface area contributed by atoms with E-state index in [1.165, 1.54) is 19.9 Å². The summed E-state index contributed by atoms with van der Waals surface area (Å²) in [6, 6.07) is 2.29. The SMILES string of the molecule is CC(C(=O)O)C(C)C(=O)c1cc(Cl)c(Br)cc1F. The van der Waals surface area contributed by atoms with Crippen LogP contribution in [0.5, 0.6) is 0 Å². The summed E-state index contributed by atoms with van der Waals surface area (Å²) in [6.07, 6.45) is 0. The minimum absolute atomic E-state index is 0.191. The largest absolute Gasteiger partial charge is 0.481 e. The Labute approximate surface area is 117 Å². The molecule has 0 aromatic heterocycles. The maximum absolute atomic E-state index is 13.6. The summed E-state index contributed by atoms with van der Waals surface area (Å²) in [4.78, 5) is 22.8. The quantitative estimate of drug-likeness (QED) is 0.672. The fraction of sp³-hybridized carbons (Fsp3) is 0.333. The van der Waals surface area contributed by atoms with Crippen molar-refractivity contribution in [3.05, 3.63) is 33.0 Å². The fourth-order valence-corrected chi connectivity index (χ4v) is 1.88. The lowest BCUT2D eigenvalue weighted by atomic mass is 9.88. The molecule has 2 unspecified atom stereocenters. The van der Waals surface area contributed by atoms with Gasteiger partial charge in [-0.1, -0.05) is 25.4 Å². The first-order valence-electron chi connectivity index (χ1n) is 5.17. The third-order valence-corrected chi connectivity index (χ3v) is 4.03. The molecular formula is C12H11BrClFO3. The van der Waals surface area contributed by atoms with Gasteiger partial charge in [0.15, 0.2) is 5.78 Å². The predicted octanol–water partition coefficient (Wildman–Crippen LogP) is 3.78. The maximum Gasteiger partial charge on any atom is 0.306 e. The monoisotopic (exact) mass is 336 g/mol. The number of carboxylic acids is 1. The van der Waals surface area contributed by atoms with Gasteiger partial charge in [-0.05, 0) is 28.1 Å². The number of halogens is 3. The number of hydrogen-bond acceptors (Lipinski definition) is 2. The zero-order valence-electron chi connectivity index (χ0n) is 9.71. The van der Waals surface area contributed by atoms with Gasteiger partial charge in [-0.15, -0.1) is 0 Å². The first kappa shape index (κ1) is 15.1. The second kappa shape index (κ2) is 5.80. The van der Waals surface area contributed by atoms with Gasteiger partial charge >= 0.3 is 5.97 Å². The lowest BCUT2D eigenvalue weighted by molar-refractivity contribution is -0.142. The van der Waals surface area contributed by atoms with Crippen LogP contribution in [0.4, 0.5) is 4.39 Å². The number of hydrogen-bond donors (Lipinski definition) is 1. The van der Waals surface area contributed by atoms with Crippen molar-refractivity contribution >= 4 is 39.3 Å². The molecule has 1 aromatic carbocycles. The Morgan fingerprint density at radius 2 is 1.89 bits per heavy atom. The summed E-state index contributed by atoms with van der Waals surface area (Å²) in [7, 11) is 0. The number of carbonyl (C=O) groups is 2. The molecule has 0 spiro atoms. The van der Waals surface area contributed by atoms with E-state index in [2.05, 4.69) is 15.9 Å². The minimum Gasteiger partial charge on any atom is -0.481 e. The number of Topliss-reactive ketones (excluding diaryl/α,β-unsaturated/α-hetero) is 1. The van der Waals surface area contributed by atoms with Crippen molar-refractivity contribution in [1.82, 2.24) is 0 Å². The lowest BCUT2D eigenvalue weighted by Gasteiger charge is -2.15. The molecule has 0 radical (unpaired) electrons. The maximum atomic E-state index is 13.6. The number of benzene rings is 1. The molecular weight excluding hydrogens is 326 g/mol. The number of rotatable bonds is 4. The van der Waals surface area contributed by atoms with E-state index in [1.807, 2.05) is 0 Å². The summed E-state index contributed by atoms with van der Waals surface area (Å²) in [6.45, 7) is 2.86. The Kier molecular flexibility index (Phi) is 4.87. The summed E-state index contributed by atoms with van der Waals surface area (Å²) < 4.78 is 14.0. The molecule has 0 saturated heterocycles. The molecule has 98 valence electrons. The van der Waals surface area contributed by atoms with Crippen LogP contribution in [0, 0.1) is 17.7 Å². The molecule has 0 heterocycles. The van der Waals surface area contributed by atoms with Crippen LogP contribution >= 0.6 is 27.5 Å². The molecule has 3 nitrogen and oxygen atoms in total. The Morgan fingerprint density at radius 1 is 1.33 bits per heavy atom. The number of ketones is 1. The van der Waals surface area contributed by atoms with Gasteiger partial charge < -0.3 is 5.11 Å². The molecule has 1 aromatic rings. The van der Waals surface area contributed by atoms with Crippen molar-refractivity contribution in [2.75, 3.05) is 0 Å². The molecule has 1 rings (SSSR count). The van der Waals surface area contributed by atoms with Crippen molar-refractivity contribution in [2.45, 2.75) is 13.8 Å². The summed E-state index contributed by atoms with van der Waals surface area (Å²) in [5.41, 5.74) is -0.191. The van der Waals surface area contributed by atoms with E-state index in [0.717, 1.165) is 6.07 Å². The molecule has 0 aliphatic rings. The van der Waals surface area contributed by atoms with E-state index in [4.69, 9.17) is 16.7 Å². The van der Waals surface area contributed by atoms with E-state index in [1.54, 1.807) is 0 Å². The molecule has 0 amide bonds. The molecule has 0 fully saturated rings. The number of carbonyl (C=O) groups excluding carboxylic acids is 1. The zero-order valence-corrected chi connectivity index (χ0v) is 12.0. The normalized spacial score (nSPS) is 14.1. The summed E-state index contributed by atoms with van der Waals surface area (Å²) >= 11 is 8.84. The Balaban J connectivity index is 3.11. The van der Waals surface area contributed by atoms with Crippen LogP contribution in [0.1, 0.15) is 24.2 Å².